The van der Waals surface area contributed by atoms with E-state index < -0.39 is 17.6 Å². The SMILES string of the molecule is Cc1[nH]n(-c2nc(-c3ccc(F)cc3)cs2)c(=O)c1CCC(=O)Nc1cccc(C(F)(F)F)c1. The van der Waals surface area contributed by atoms with Gasteiger partial charge in [-0.1, -0.05) is 6.07 Å². The number of rotatable bonds is 6. The number of nitrogens with zero attached hydrogens (tertiary/aromatic N) is 2. The summed E-state index contributed by atoms with van der Waals surface area (Å²) in [6.45, 7) is 1.69. The molecule has 34 heavy (non-hydrogen) atoms. The van der Waals surface area contributed by atoms with Gasteiger partial charge in [0.2, 0.25) is 11.0 Å². The summed E-state index contributed by atoms with van der Waals surface area (Å²) in [4.78, 5) is 29.6. The number of aryl methyl sites for hydroxylation is 1. The number of carbonyl (C=O) groups excluding carboxylic acids is 1. The van der Waals surface area contributed by atoms with Gasteiger partial charge in [-0.15, -0.1) is 11.3 Å². The zero-order chi connectivity index (χ0) is 24.5. The first-order valence-corrected chi connectivity index (χ1v) is 11.0. The third kappa shape index (κ3) is 5.09. The van der Waals surface area contributed by atoms with Crippen LogP contribution in [0, 0.1) is 12.7 Å². The number of anilines is 1. The molecule has 0 aliphatic heterocycles. The van der Waals surface area contributed by atoms with E-state index >= 15 is 0 Å². The predicted molar refractivity (Wildman–Crippen MR) is 121 cm³/mol. The Labute approximate surface area is 194 Å². The smallest absolute Gasteiger partial charge is 0.326 e. The monoisotopic (exact) mass is 490 g/mol. The number of nitrogens with one attached hydrogen (secondary N) is 2. The van der Waals surface area contributed by atoms with E-state index in [0.717, 1.165) is 12.1 Å². The molecule has 2 aromatic heterocycles. The maximum absolute atomic E-state index is 13.1. The first-order chi connectivity index (χ1) is 16.1. The van der Waals surface area contributed by atoms with E-state index in [0.29, 0.717) is 27.6 Å². The molecule has 4 rings (SSSR count). The Balaban J connectivity index is 1.46. The minimum atomic E-state index is -4.51. The Hall–Kier alpha value is -3.73. The second kappa shape index (κ2) is 9.26. The van der Waals surface area contributed by atoms with Gasteiger partial charge in [-0.2, -0.15) is 17.9 Å². The van der Waals surface area contributed by atoms with Gasteiger partial charge in [0.15, 0.2) is 0 Å². The van der Waals surface area contributed by atoms with Gasteiger partial charge in [-0.25, -0.2) is 9.37 Å². The normalized spacial score (nSPS) is 11.6. The van der Waals surface area contributed by atoms with E-state index in [1.807, 2.05) is 0 Å². The summed E-state index contributed by atoms with van der Waals surface area (Å²) in [5.74, 6) is -0.879. The van der Waals surface area contributed by atoms with Crippen LogP contribution in [-0.4, -0.2) is 20.7 Å². The Morgan fingerprint density at radius 2 is 1.91 bits per heavy atom. The standard InChI is InChI=1S/C23H18F4N4O2S/c1-13-18(9-10-20(32)28-17-4-2-3-15(11-17)23(25,26)27)21(33)31(30-13)22-29-19(12-34-22)14-5-7-16(24)8-6-14/h2-8,11-12,30H,9-10H2,1H3,(H,28,32). The Kier molecular flexibility index (Phi) is 6.38. The fourth-order valence-corrected chi connectivity index (χ4v) is 4.16. The second-order valence-electron chi connectivity index (χ2n) is 7.50. The summed E-state index contributed by atoms with van der Waals surface area (Å²) in [7, 11) is 0. The predicted octanol–water partition coefficient (Wildman–Crippen LogP) is 5.33. The lowest BCUT2D eigenvalue weighted by atomic mass is 10.1. The molecule has 1 amide bonds. The molecule has 0 saturated heterocycles. The van der Waals surface area contributed by atoms with E-state index in [-0.39, 0.29) is 29.9 Å². The maximum Gasteiger partial charge on any atom is 0.416 e. The summed E-state index contributed by atoms with van der Waals surface area (Å²) in [5, 5.41) is 7.49. The first kappa shape index (κ1) is 23.4. The molecule has 0 bridgehead atoms. The molecule has 0 aliphatic carbocycles. The summed E-state index contributed by atoms with van der Waals surface area (Å²) in [6, 6.07) is 10.2. The number of carbonyl (C=O) groups is 1. The van der Waals surface area contributed by atoms with Crippen molar-refractivity contribution in [2.75, 3.05) is 5.32 Å². The van der Waals surface area contributed by atoms with Gasteiger partial charge in [0.25, 0.3) is 5.56 Å². The highest BCUT2D eigenvalue weighted by molar-refractivity contribution is 7.12. The molecule has 0 atom stereocenters. The van der Waals surface area contributed by atoms with Crippen LogP contribution < -0.4 is 10.9 Å². The van der Waals surface area contributed by atoms with Crippen molar-refractivity contribution in [2.24, 2.45) is 0 Å². The number of amides is 1. The quantitative estimate of drug-likeness (QED) is 0.359. The third-order valence-electron chi connectivity index (χ3n) is 5.09. The highest BCUT2D eigenvalue weighted by Crippen LogP contribution is 2.30. The van der Waals surface area contributed by atoms with Crippen molar-refractivity contribution in [1.29, 1.82) is 0 Å². The molecule has 2 heterocycles. The average molecular weight is 490 g/mol. The van der Waals surface area contributed by atoms with Gasteiger partial charge in [0.1, 0.15) is 5.82 Å². The minimum absolute atomic E-state index is 0.0270. The number of thiazole rings is 1. The van der Waals surface area contributed by atoms with Crippen molar-refractivity contribution < 1.29 is 22.4 Å². The van der Waals surface area contributed by atoms with Gasteiger partial charge in [0.05, 0.1) is 11.3 Å². The number of hydrogen-bond donors (Lipinski definition) is 2. The lowest BCUT2D eigenvalue weighted by Gasteiger charge is -2.09. The van der Waals surface area contributed by atoms with Crippen molar-refractivity contribution >= 4 is 22.9 Å². The van der Waals surface area contributed by atoms with Gasteiger partial charge in [-0.3, -0.25) is 14.7 Å². The van der Waals surface area contributed by atoms with E-state index in [2.05, 4.69) is 15.4 Å². The highest BCUT2D eigenvalue weighted by Gasteiger charge is 2.30. The van der Waals surface area contributed by atoms with Crippen LogP contribution in [-0.2, 0) is 17.4 Å². The van der Waals surface area contributed by atoms with Crippen LogP contribution in [0.4, 0.5) is 23.2 Å². The zero-order valence-electron chi connectivity index (χ0n) is 17.7. The van der Waals surface area contributed by atoms with Crippen molar-refractivity contribution in [1.82, 2.24) is 14.8 Å². The molecule has 4 aromatic rings. The Morgan fingerprint density at radius 1 is 1.18 bits per heavy atom. The maximum atomic E-state index is 13.1. The molecule has 0 unspecified atom stereocenters. The van der Waals surface area contributed by atoms with E-state index in [9.17, 15) is 27.2 Å². The van der Waals surface area contributed by atoms with E-state index in [4.69, 9.17) is 0 Å². The molecule has 11 heteroatoms. The molecular weight excluding hydrogens is 472 g/mol. The summed E-state index contributed by atoms with van der Waals surface area (Å²) >= 11 is 1.22. The molecule has 0 aliphatic rings. The van der Waals surface area contributed by atoms with Crippen LogP contribution in [0.1, 0.15) is 23.2 Å². The fraction of sp³-hybridized carbons (Fsp3) is 0.174. The van der Waals surface area contributed by atoms with Crippen LogP contribution >= 0.6 is 11.3 Å². The number of hydrogen-bond acceptors (Lipinski definition) is 4. The Morgan fingerprint density at radius 3 is 2.62 bits per heavy atom. The number of H-pyrrole nitrogens is 1. The number of benzene rings is 2. The van der Waals surface area contributed by atoms with Crippen LogP contribution in [0.25, 0.3) is 16.4 Å². The van der Waals surface area contributed by atoms with Gasteiger partial charge in [-0.05, 0) is 55.8 Å². The lowest BCUT2D eigenvalue weighted by Crippen LogP contribution is -2.19. The molecule has 6 nitrogen and oxygen atoms in total. The van der Waals surface area contributed by atoms with Gasteiger partial charge < -0.3 is 5.32 Å². The number of alkyl halides is 3. The Bertz CT molecular complexity index is 1390. The second-order valence-corrected chi connectivity index (χ2v) is 8.34. The molecule has 2 aromatic carbocycles. The zero-order valence-corrected chi connectivity index (χ0v) is 18.6. The van der Waals surface area contributed by atoms with Crippen LogP contribution in [0.15, 0.2) is 58.7 Å². The van der Waals surface area contributed by atoms with Gasteiger partial charge in [0, 0.05) is 34.3 Å². The minimum Gasteiger partial charge on any atom is -0.326 e. The molecule has 0 saturated carbocycles. The summed E-state index contributed by atoms with van der Waals surface area (Å²) in [6.07, 6.45) is -4.52. The highest BCUT2D eigenvalue weighted by atomic mass is 32.1. The van der Waals surface area contributed by atoms with Crippen LogP contribution in [0.3, 0.4) is 0 Å². The fourth-order valence-electron chi connectivity index (χ4n) is 3.37. The number of halogens is 4. The van der Waals surface area contributed by atoms with Crippen LogP contribution in [0.5, 0.6) is 0 Å². The number of aromatic amines is 1. The molecule has 176 valence electrons. The first-order valence-electron chi connectivity index (χ1n) is 10.1. The number of aromatic nitrogens is 3. The van der Waals surface area contributed by atoms with Gasteiger partial charge >= 0.3 is 6.18 Å². The lowest BCUT2D eigenvalue weighted by molar-refractivity contribution is -0.137. The molecule has 2 N–H and O–H groups in total. The van der Waals surface area contributed by atoms with E-state index in [1.54, 1.807) is 24.4 Å². The van der Waals surface area contributed by atoms with Crippen molar-refractivity contribution in [3.63, 3.8) is 0 Å². The van der Waals surface area contributed by atoms with Crippen LogP contribution in [0.2, 0.25) is 0 Å². The third-order valence-corrected chi connectivity index (χ3v) is 5.92. The largest absolute Gasteiger partial charge is 0.416 e. The molecular formula is C23H18F4N4O2S. The molecule has 0 spiro atoms. The summed E-state index contributed by atoms with van der Waals surface area (Å²) in [5.41, 5.74) is 1.00. The molecule has 0 radical (unpaired) electrons. The topological polar surface area (TPSA) is 79.8 Å². The van der Waals surface area contributed by atoms with Crippen molar-refractivity contribution in [2.45, 2.75) is 25.9 Å². The van der Waals surface area contributed by atoms with Crippen molar-refractivity contribution in [3.05, 3.63) is 86.9 Å². The molecule has 0 fully saturated rings. The summed E-state index contributed by atoms with van der Waals surface area (Å²) < 4.78 is 53.0. The average Bonchev–Trinajstić information content (AvgIpc) is 3.37. The van der Waals surface area contributed by atoms with Crippen molar-refractivity contribution in [3.8, 4) is 16.4 Å². The van der Waals surface area contributed by atoms with E-state index in [1.165, 1.54) is 40.3 Å².